The summed E-state index contributed by atoms with van der Waals surface area (Å²) in [6, 6.07) is 1.43. The van der Waals surface area contributed by atoms with Crippen LogP contribution in [0, 0.1) is 0 Å². The third-order valence-electron chi connectivity index (χ3n) is 2.84. The van der Waals surface area contributed by atoms with Gasteiger partial charge in [-0.15, -0.1) is 0 Å². The van der Waals surface area contributed by atoms with Crippen molar-refractivity contribution in [3.05, 3.63) is 16.7 Å². The first kappa shape index (κ1) is 17.1. The molecule has 0 saturated heterocycles. The predicted octanol–water partition coefficient (Wildman–Crippen LogP) is 2.50. The Hall–Kier alpha value is -1.95. The van der Waals surface area contributed by atoms with Crippen LogP contribution in [0.2, 0.25) is 5.02 Å². The van der Waals surface area contributed by atoms with E-state index in [1.165, 1.54) is 34.5 Å². The van der Waals surface area contributed by atoms with Gasteiger partial charge in [-0.1, -0.05) is 11.6 Å². The third kappa shape index (κ3) is 3.78. The van der Waals surface area contributed by atoms with Crippen LogP contribution >= 0.6 is 11.6 Å². The summed E-state index contributed by atoms with van der Waals surface area (Å²) in [5, 5.41) is 0.219. The first-order valence-corrected chi connectivity index (χ1v) is 6.46. The van der Waals surface area contributed by atoms with Crippen molar-refractivity contribution in [2.45, 2.75) is 12.8 Å². The van der Waals surface area contributed by atoms with Crippen molar-refractivity contribution >= 4 is 23.4 Å². The van der Waals surface area contributed by atoms with Gasteiger partial charge < -0.3 is 18.9 Å². The highest BCUT2D eigenvalue weighted by Gasteiger charge is 2.24. The van der Waals surface area contributed by atoms with Gasteiger partial charge in [-0.2, -0.15) is 0 Å². The molecule has 0 aliphatic carbocycles. The molecule has 0 unspecified atom stereocenters. The standard InChI is InChI=1S/C14H17ClO6/c1-18-11(17)6-5-10(16)8-7-9(15)13(20-3)14(21-4)12(8)19-2/h7H,5-6H2,1-4H3. The van der Waals surface area contributed by atoms with Crippen molar-refractivity contribution in [1.82, 2.24) is 0 Å². The second kappa shape index (κ2) is 7.73. The SMILES string of the molecule is COC(=O)CCC(=O)c1cc(Cl)c(OC)c(OC)c1OC. The number of esters is 1. The molecule has 6 nitrogen and oxygen atoms in total. The van der Waals surface area contributed by atoms with Crippen LogP contribution in [-0.4, -0.2) is 40.2 Å². The highest BCUT2D eigenvalue weighted by molar-refractivity contribution is 6.33. The molecule has 0 radical (unpaired) electrons. The molecule has 0 aromatic heterocycles. The van der Waals surface area contributed by atoms with E-state index < -0.39 is 5.97 Å². The van der Waals surface area contributed by atoms with Crippen molar-refractivity contribution < 1.29 is 28.5 Å². The van der Waals surface area contributed by atoms with Gasteiger partial charge in [0, 0.05) is 6.42 Å². The number of Topliss-reactive ketones (excluding diaryl/α,β-unsaturated/α-hetero) is 1. The second-order valence-electron chi connectivity index (χ2n) is 4.01. The van der Waals surface area contributed by atoms with Gasteiger partial charge in [0.15, 0.2) is 17.3 Å². The molecule has 0 heterocycles. The van der Waals surface area contributed by atoms with E-state index in [2.05, 4.69) is 4.74 Å². The topological polar surface area (TPSA) is 71.1 Å². The number of hydrogen-bond acceptors (Lipinski definition) is 6. The molecule has 0 atom stereocenters. The summed E-state index contributed by atoms with van der Waals surface area (Å²) in [6.45, 7) is 0. The summed E-state index contributed by atoms with van der Waals surface area (Å²) in [6.07, 6.45) is -0.0424. The maximum Gasteiger partial charge on any atom is 0.305 e. The Morgan fingerprint density at radius 3 is 2.00 bits per heavy atom. The number of benzene rings is 1. The average Bonchev–Trinajstić information content (AvgIpc) is 2.50. The molecule has 1 aromatic carbocycles. The maximum absolute atomic E-state index is 12.2. The van der Waals surface area contributed by atoms with E-state index in [0.29, 0.717) is 0 Å². The lowest BCUT2D eigenvalue weighted by Crippen LogP contribution is -2.08. The minimum Gasteiger partial charge on any atom is -0.492 e. The fraction of sp³-hybridized carbons (Fsp3) is 0.429. The molecule has 7 heteroatoms. The second-order valence-corrected chi connectivity index (χ2v) is 4.41. The van der Waals surface area contributed by atoms with Crippen molar-refractivity contribution in [3.8, 4) is 17.2 Å². The lowest BCUT2D eigenvalue weighted by atomic mass is 10.0. The summed E-state index contributed by atoms with van der Waals surface area (Å²) >= 11 is 6.07. The Morgan fingerprint density at radius 1 is 0.952 bits per heavy atom. The van der Waals surface area contributed by atoms with E-state index >= 15 is 0 Å². The number of carbonyl (C=O) groups excluding carboxylic acids is 2. The van der Waals surface area contributed by atoms with Gasteiger partial charge in [-0.05, 0) is 6.07 Å². The molecule has 0 aliphatic rings. The zero-order chi connectivity index (χ0) is 16.0. The molecular formula is C14H17ClO6. The van der Waals surface area contributed by atoms with Gasteiger partial charge >= 0.3 is 5.97 Å². The fourth-order valence-electron chi connectivity index (χ4n) is 1.83. The number of carbonyl (C=O) groups is 2. The Morgan fingerprint density at radius 2 is 1.52 bits per heavy atom. The smallest absolute Gasteiger partial charge is 0.305 e. The van der Waals surface area contributed by atoms with E-state index in [0.717, 1.165) is 0 Å². The van der Waals surface area contributed by atoms with Crippen LogP contribution in [0.3, 0.4) is 0 Å². The van der Waals surface area contributed by atoms with E-state index in [4.69, 9.17) is 25.8 Å². The van der Waals surface area contributed by atoms with Gasteiger partial charge in [0.25, 0.3) is 0 Å². The Labute approximate surface area is 127 Å². The average molecular weight is 317 g/mol. The molecule has 0 amide bonds. The molecule has 1 aromatic rings. The molecule has 0 N–H and O–H groups in total. The Balaban J connectivity index is 3.20. The van der Waals surface area contributed by atoms with E-state index in [-0.39, 0.29) is 46.5 Å². The summed E-state index contributed by atoms with van der Waals surface area (Å²) < 4.78 is 20.1. The summed E-state index contributed by atoms with van der Waals surface area (Å²) in [4.78, 5) is 23.3. The van der Waals surface area contributed by atoms with Crippen LogP contribution < -0.4 is 14.2 Å². The molecule has 0 fully saturated rings. The van der Waals surface area contributed by atoms with E-state index in [1.807, 2.05) is 0 Å². The van der Waals surface area contributed by atoms with Gasteiger partial charge in [0.05, 0.1) is 45.4 Å². The molecule has 0 saturated carbocycles. The summed E-state index contributed by atoms with van der Waals surface area (Å²) in [7, 11) is 5.52. The summed E-state index contributed by atoms with van der Waals surface area (Å²) in [5.74, 6) is -0.0444. The molecule has 21 heavy (non-hydrogen) atoms. The maximum atomic E-state index is 12.2. The zero-order valence-corrected chi connectivity index (χ0v) is 13.1. The minimum absolute atomic E-state index is 0.0190. The lowest BCUT2D eigenvalue weighted by Gasteiger charge is -2.16. The van der Waals surface area contributed by atoms with Crippen LogP contribution in [0.5, 0.6) is 17.2 Å². The molecule has 0 bridgehead atoms. The number of ether oxygens (including phenoxy) is 4. The van der Waals surface area contributed by atoms with Crippen molar-refractivity contribution in [3.63, 3.8) is 0 Å². The van der Waals surface area contributed by atoms with Crippen molar-refractivity contribution in [2.24, 2.45) is 0 Å². The van der Waals surface area contributed by atoms with Gasteiger partial charge in [-0.25, -0.2) is 0 Å². The number of ketones is 1. The lowest BCUT2D eigenvalue weighted by molar-refractivity contribution is -0.140. The van der Waals surface area contributed by atoms with Crippen LogP contribution in [0.4, 0.5) is 0 Å². The molecule has 0 spiro atoms. The first-order valence-electron chi connectivity index (χ1n) is 6.08. The normalized spacial score (nSPS) is 9.95. The fourth-order valence-corrected chi connectivity index (χ4v) is 2.10. The van der Waals surface area contributed by atoms with Gasteiger partial charge in [0.1, 0.15) is 0 Å². The van der Waals surface area contributed by atoms with Crippen molar-refractivity contribution in [2.75, 3.05) is 28.4 Å². The van der Waals surface area contributed by atoms with E-state index in [9.17, 15) is 9.59 Å². The largest absolute Gasteiger partial charge is 0.492 e. The van der Waals surface area contributed by atoms with Gasteiger partial charge in [-0.3, -0.25) is 9.59 Å². The number of halogens is 1. The number of rotatable bonds is 7. The van der Waals surface area contributed by atoms with Gasteiger partial charge in [0.2, 0.25) is 5.75 Å². The zero-order valence-electron chi connectivity index (χ0n) is 12.3. The van der Waals surface area contributed by atoms with Crippen molar-refractivity contribution in [1.29, 1.82) is 0 Å². The van der Waals surface area contributed by atoms with Crippen LogP contribution in [0.25, 0.3) is 0 Å². The van der Waals surface area contributed by atoms with Crippen LogP contribution in [0.15, 0.2) is 6.07 Å². The minimum atomic E-state index is -0.464. The first-order chi connectivity index (χ1) is 9.99. The van der Waals surface area contributed by atoms with E-state index in [1.54, 1.807) is 0 Å². The monoisotopic (exact) mass is 316 g/mol. The molecule has 116 valence electrons. The third-order valence-corrected chi connectivity index (χ3v) is 3.12. The quantitative estimate of drug-likeness (QED) is 0.568. The molecular weight excluding hydrogens is 300 g/mol. The van der Waals surface area contributed by atoms with Crippen LogP contribution in [0.1, 0.15) is 23.2 Å². The molecule has 0 aliphatic heterocycles. The predicted molar refractivity (Wildman–Crippen MR) is 76.7 cm³/mol. The Kier molecular flexibility index (Phi) is 6.30. The summed E-state index contributed by atoms with van der Waals surface area (Å²) in [5.41, 5.74) is 0.226. The molecule has 1 rings (SSSR count). The Bertz CT molecular complexity index is 541. The number of hydrogen-bond donors (Lipinski definition) is 0. The highest BCUT2D eigenvalue weighted by atomic mass is 35.5. The highest BCUT2D eigenvalue weighted by Crippen LogP contribution is 2.45. The number of methoxy groups -OCH3 is 4. The van der Waals surface area contributed by atoms with Crippen LogP contribution in [-0.2, 0) is 9.53 Å².